The van der Waals surface area contributed by atoms with Crippen molar-refractivity contribution >= 4 is 18.5 Å². The van der Waals surface area contributed by atoms with Crippen molar-refractivity contribution in [2.75, 3.05) is 0 Å². The van der Waals surface area contributed by atoms with E-state index in [2.05, 4.69) is 30.3 Å². The van der Waals surface area contributed by atoms with E-state index in [1.165, 1.54) is 31.2 Å². The predicted octanol–water partition coefficient (Wildman–Crippen LogP) is 4.76. The van der Waals surface area contributed by atoms with E-state index in [1.54, 1.807) is 0 Å². The molecule has 0 radical (unpaired) electrons. The monoisotopic (exact) mass is 226 g/mol. The smallest absolute Gasteiger partial charge is 0.00684 e. The second kappa shape index (κ2) is 5.14. The van der Waals surface area contributed by atoms with Gasteiger partial charge in [0.05, 0.1) is 0 Å². The third kappa shape index (κ3) is 2.72. The van der Waals surface area contributed by atoms with Crippen LogP contribution in [0.2, 0.25) is 0 Å². The van der Waals surface area contributed by atoms with Gasteiger partial charge in [0, 0.05) is 6.16 Å². The van der Waals surface area contributed by atoms with E-state index >= 15 is 0 Å². The molecule has 1 aromatic rings. The van der Waals surface area contributed by atoms with Crippen LogP contribution in [0, 0.1) is 0 Å². The Morgan fingerprint density at radius 2 is 1.79 bits per heavy atom. The first kappa shape index (κ1) is 10.5. The Morgan fingerprint density at radius 3 is 2.43 bits per heavy atom. The van der Waals surface area contributed by atoms with Gasteiger partial charge < -0.3 is 0 Å². The molecule has 1 aromatic carbocycles. The molecule has 2 heteroatoms. The molecule has 76 valence electrons. The summed E-state index contributed by atoms with van der Waals surface area (Å²) in [5.74, 6) is 0. The molecule has 0 bridgehead atoms. The van der Waals surface area contributed by atoms with Crippen molar-refractivity contribution in [3.8, 4) is 0 Å². The maximum Gasteiger partial charge on any atom is 0.00684 e. The summed E-state index contributed by atoms with van der Waals surface area (Å²) >= 11 is 6.49. The summed E-state index contributed by atoms with van der Waals surface area (Å²) in [4.78, 5) is 0. The third-order valence-electron chi connectivity index (χ3n) is 2.90. The Bertz CT molecular complexity index is 267. The Balaban J connectivity index is 1.90. The van der Waals surface area contributed by atoms with E-state index in [9.17, 15) is 0 Å². The van der Waals surface area contributed by atoms with E-state index in [0.29, 0.717) is 0 Å². The molecule has 0 aromatic heterocycles. The highest BCUT2D eigenvalue weighted by molar-refractivity contribution is 7.83. The molecule has 0 nitrogen and oxygen atoms in total. The summed E-state index contributed by atoms with van der Waals surface area (Å²) in [6, 6.07) is 10.6. The minimum atomic E-state index is -0.286. The number of benzene rings is 1. The number of hydrogen-bond donors (Lipinski definition) is 0. The van der Waals surface area contributed by atoms with Crippen LogP contribution in [-0.4, -0.2) is 5.66 Å². The second-order valence-electron chi connectivity index (χ2n) is 3.98. The average Bonchev–Trinajstić information content (AvgIpc) is 2.72. The van der Waals surface area contributed by atoms with Gasteiger partial charge in [0.25, 0.3) is 0 Å². The van der Waals surface area contributed by atoms with Crippen molar-refractivity contribution in [1.82, 2.24) is 0 Å². The molecule has 0 saturated heterocycles. The van der Waals surface area contributed by atoms with Crippen LogP contribution in [0.5, 0.6) is 0 Å². The molecule has 1 unspecified atom stereocenters. The topological polar surface area (TPSA) is 0 Å². The molecule has 1 aliphatic rings. The van der Waals surface area contributed by atoms with E-state index in [1.807, 2.05) is 0 Å². The van der Waals surface area contributed by atoms with Crippen molar-refractivity contribution in [3.63, 3.8) is 0 Å². The lowest BCUT2D eigenvalue weighted by Crippen LogP contribution is -1.96. The van der Waals surface area contributed by atoms with Crippen LogP contribution in [0.1, 0.15) is 31.2 Å². The average molecular weight is 227 g/mol. The molecule has 0 spiro atoms. The minimum Gasteiger partial charge on any atom is -0.0958 e. The van der Waals surface area contributed by atoms with Gasteiger partial charge in [0.15, 0.2) is 0 Å². The molecule has 0 aliphatic heterocycles. The fraction of sp³-hybridized carbons (Fsp3) is 0.500. The van der Waals surface area contributed by atoms with Gasteiger partial charge in [-0.05, 0) is 31.3 Å². The molecule has 14 heavy (non-hydrogen) atoms. The molecular formula is C12H16ClP. The second-order valence-corrected chi connectivity index (χ2v) is 7.13. The SMILES string of the molecule is ClP(Cc1ccccc1)C1CCCC1. The highest BCUT2D eigenvalue weighted by Crippen LogP contribution is 2.55. The fourth-order valence-corrected chi connectivity index (χ4v) is 4.81. The van der Waals surface area contributed by atoms with Crippen molar-refractivity contribution in [2.45, 2.75) is 37.5 Å². The standard InChI is InChI=1S/C12H16ClP/c13-14(12-8-4-5-9-12)10-11-6-2-1-3-7-11/h1-3,6-7,12H,4-5,8-10H2. The van der Waals surface area contributed by atoms with E-state index in [4.69, 9.17) is 11.2 Å². The van der Waals surface area contributed by atoms with Crippen molar-refractivity contribution in [3.05, 3.63) is 35.9 Å². The van der Waals surface area contributed by atoms with Crippen LogP contribution in [0.3, 0.4) is 0 Å². The quantitative estimate of drug-likeness (QED) is 0.652. The third-order valence-corrected chi connectivity index (χ3v) is 6.06. The number of halogens is 1. The van der Waals surface area contributed by atoms with Crippen molar-refractivity contribution < 1.29 is 0 Å². The lowest BCUT2D eigenvalue weighted by molar-refractivity contribution is 0.886. The molecule has 0 N–H and O–H groups in total. The van der Waals surface area contributed by atoms with Crippen LogP contribution in [-0.2, 0) is 6.16 Å². The zero-order chi connectivity index (χ0) is 9.80. The molecule has 0 heterocycles. The van der Waals surface area contributed by atoms with E-state index < -0.39 is 0 Å². The van der Waals surface area contributed by atoms with Gasteiger partial charge in [-0.3, -0.25) is 0 Å². The number of hydrogen-bond acceptors (Lipinski definition) is 0. The van der Waals surface area contributed by atoms with Crippen LogP contribution in [0.15, 0.2) is 30.3 Å². The van der Waals surface area contributed by atoms with E-state index in [0.717, 1.165) is 11.8 Å². The molecule has 0 amide bonds. The zero-order valence-corrected chi connectivity index (χ0v) is 9.98. The van der Waals surface area contributed by atoms with Gasteiger partial charge >= 0.3 is 0 Å². The van der Waals surface area contributed by atoms with Gasteiger partial charge in [-0.2, -0.15) is 0 Å². The molecule has 1 aliphatic carbocycles. The first-order chi connectivity index (χ1) is 6.86. The van der Waals surface area contributed by atoms with Crippen LogP contribution in [0.4, 0.5) is 0 Å². The summed E-state index contributed by atoms with van der Waals surface area (Å²) in [6.07, 6.45) is 6.61. The minimum absolute atomic E-state index is 0.286. The lowest BCUT2D eigenvalue weighted by Gasteiger charge is -2.16. The van der Waals surface area contributed by atoms with Crippen LogP contribution < -0.4 is 0 Å². The van der Waals surface area contributed by atoms with Crippen LogP contribution in [0.25, 0.3) is 0 Å². The first-order valence-corrected chi connectivity index (χ1v) is 7.83. The first-order valence-electron chi connectivity index (χ1n) is 5.32. The van der Waals surface area contributed by atoms with Gasteiger partial charge in [-0.25, -0.2) is 0 Å². The van der Waals surface area contributed by atoms with Crippen molar-refractivity contribution in [1.29, 1.82) is 0 Å². The Kier molecular flexibility index (Phi) is 3.84. The molecule has 1 fully saturated rings. The summed E-state index contributed by atoms with van der Waals surface area (Å²) in [7, 11) is -0.286. The maximum absolute atomic E-state index is 6.49. The molecule has 2 rings (SSSR count). The summed E-state index contributed by atoms with van der Waals surface area (Å²) < 4.78 is 0. The molecular weight excluding hydrogens is 211 g/mol. The van der Waals surface area contributed by atoms with Crippen LogP contribution >= 0.6 is 18.5 Å². The van der Waals surface area contributed by atoms with Gasteiger partial charge in [0.2, 0.25) is 0 Å². The molecule has 1 saturated carbocycles. The normalized spacial score (nSPS) is 19.8. The number of rotatable bonds is 3. The van der Waals surface area contributed by atoms with Crippen molar-refractivity contribution in [2.24, 2.45) is 0 Å². The molecule has 1 atom stereocenters. The highest BCUT2D eigenvalue weighted by atomic mass is 35.7. The summed E-state index contributed by atoms with van der Waals surface area (Å²) in [5, 5.41) is 0. The largest absolute Gasteiger partial charge is 0.0958 e. The fourth-order valence-electron chi connectivity index (χ4n) is 2.07. The predicted molar refractivity (Wildman–Crippen MR) is 65.2 cm³/mol. The Labute approximate surface area is 92.2 Å². The Hall–Kier alpha value is -0.0600. The summed E-state index contributed by atoms with van der Waals surface area (Å²) in [5.41, 5.74) is 2.23. The highest BCUT2D eigenvalue weighted by Gasteiger charge is 2.22. The Morgan fingerprint density at radius 1 is 1.14 bits per heavy atom. The lowest BCUT2D eigenvalue weighted by atomic mass is 10.2. The van der Waals surface area contributed by atoms with Gasteiger partial charge in [-0.15, -0.1) is 0 Å². The maximum atomic E-state index is 6.49. The summed E-state index contributed by atoms with van der Waals surface area (Å²) in [6.45, 7) is 0. The van der Waals surface area contributed by atoms with Gasteiger partial charge in [0.1, 0.15) is 0 Å². The van der Waals surface area contributed by atoms with E-state index in [-0.39, 0.29) is 7.27 Å². The van der Waals surface area contributed by atoms with Gasteiger partial charge in [-0.1, -0.05) is 54.4 Å². The zero-order valence-electron chi connectivity index (χ0n) is 8.32.